The number of para-hydroxylation sites is 1. The van der Waals surface area contributed by atoms with Crippen molar-refractivity contribution in [2.75, 3.05) is 5.73 Å². The Morgan fingerprint density at radius 2 is 1.95 bits per heavy atom. The van der Waals surface area contributed by atoms with Gasteiger partial charge >= 0.3 is 0 Å². The molecule has 1 aromatic heterocycles. The van der Waals surface area contributed by atoms with Gasteiger partial charge in [0.25, 0.3) is 0 Å². The lowest BCUT2D eigenvalue weighted by Crippen LogP contribution is -2.05. The Labute approximate surface area is 116 Å². The van der Waals surface area contributed by atoms with Gasteiger partial charge in [0.05, 0.1) is 22.6 Å². The first-order valence-electron chi connectivity index (χ1n) is 6.11. The lowest BCUT2D eigenvalue weighted by molar-refractivity contribution is 0.832. The van der Waals surface area contributed by atoms with Crippen molar-refractivity contribution in [2.24, 2.45) is 0 Å². The molecule has 0 saturated carbocycles. The van der Waals surface area contributed by atoms with Crippen molar-refractivity contribution in [3.63, 3.8) is 0 Å². The maximum Gasteiger partial charge on any atom is 0.201 e. The molecule has 2 N–H and O–H groups in total. The van der Waals surface area contributed by atoms with Crippen LogP contribution in [0.3, 0.4) is 0 Å². The van der Waals surface area contributed by atoms with Gasteiger partial charge in [-0.25, -0.2) is 4.98 Å². The zero-order valence-corrected chi connectivity index (χ0v) is 11.4. The van der Waals surface area contributed by atoms with Crippen LogP contribution in [0.2, 0.25) is 5.02 Å². The maximum atomic E-state index is 6.27. The minimum atomic E-state index is 0.492. The van der Waals surface area contributed by atoms with Gasteiger partial charge in [0, 0.05) is 0 Å². The first kappa shape index (κ1) is 12.1. The molecule has 0 fully saturated rings. The number of benzene rings is 2. The number of aromatic nitrogens is 2. The van der Waals surface area contributed by atoms with Crippen LogP contribution in [0.15, 0.2) is 42.5 Å². The van der Waals surface area contributed by atoms with Crippen LogP contribution in [0, 0.1) is 6.92 Å². The molecule has 0 unspecified atom stereocenters. The summed E-state index contributed by atoms with van der Waals surface area (Å²) in [5, 5.41) is 0.676. The summed E-state index contributed by atoms with van der Waals surface area (Å²) < 4.78 is 1.96. The fourth-order valence-corrected chi connectivity index (χ4v) is 2.55. The van der Waals surface area contributed by atoms with Gasteiger partial charge in [-0.15, -0.1) is 0 Å². The van der Waals surface area contributed by atoms with E-state index in [-0.39, 0.29) is 0 Å². The van der Waals surface area contributed by atoms with E-state index in [0.717, 1.165) is 11.0 Å². The monoisotopic (exact) mass is 271 g/mol. The third-order valence-corrected chi connectivity index (χ3v) is 3.64. The predicted octanol–water partition coefficient (Wildman–Crippen LogP) is 3.63. The molecule has 0 atom stereocenters. The number of halogens is 1. The van der Waals surface area contributed by atoms with E-state index in [2.05, 4.69) is 24.0 Å². The van der Waals surface area contributed by atoms with Gasteiger partial charge in [0.2, 0.25) is 5.95 Å². The van der Waals surface area contributed by atoms with Crippen LogP contribution in [0.1, 0.15) is 11.1 Å². The van der Waals surface area contributed by atoms with E-state index >= 15 is 0 Å². The van der Waals surface area contributed by atoms with Crippen molar-refractivity contribution in [3.05, 3.63) is 58.6 Å². The number of aryl methyl sites for hydroxylation is 1. The minimum absolute atomic E-state index is 0.492. The quantitative estimate of drug-likeness (QED) is 0.773. The number of nitrogens with zero attached hydrogens (tertiary/aromatic N) is 2. The van der Waals surface area contributed by atoms with Crippen LogP contribution in [-0.4, -0.2) is 9.55 Å². The largest absolute Gasteiger partial charge is 0.369 e. The van der Waals surface area contributed by atoms with E-state index in [9.17, 15) is 0 Å². The van der Waals surface area contributed by atoms with Crippen molar-refractivity contribution in [1.82, 2.24) is 9.55 Å². The molecule has 2 aromatic carbocycles. The molecule has 0 amide bonds. The molecular formula is C15H14ClN3. The zero-order valence-electron chi connectivity index (χ0n) is 10.6. The molecule has 0 aliphatic heterocycles. The number of nitrogens with two attached hydrogens (primary N) is 1. The molecule has 0 aliphatic carbocycles. The SMILES string of the molecule is Cc1ccccc1Cn1c(N)nc2cccc(Cl)c21. The summed E-state index contributed by atoms with van der Waals surface area (Å²) in [6.45, 7) is 2.77. The molecule has 1 heterocycles. The summed E-state index contributed by atoms with van der Waals surface area (Å²) in [5.41, 5.74) is 10.2. The second kappa shape index (κ2) is 4.59. The Kier molecular flexibility index (Phi) is 2.91. The summed E-state index contributed by atoms with van der Waals surface area (Å²) in [6.07, 6.45) is 0. The lowest BCUT2D eigenvalue weighted by Gasteiger charge is -2.10. The highest BCUT2D eigenvalue weighted by atomic mass is 35.5. The van der Waals surface area contributed by atoms with E-state index in [1.54, 1.807) is 0 Å². The third kappa shape index (κ3) is 2.06. The van der Waals surface area contributed by atoms with E-state index in [0.29, 0.717) is 17.5 Å². The van der Waals surface area contributed by atoms with Crippen molar-refractivity contribution < 1.29 is 0 Å². The highest BCUT2D eigenvalue weighted by molar-refractivity contribution is 6.35. The smallest absolute Gasteiger partial charge is 0.201 e. The molecule has 0 spiro atoms. The van der Waals surface area contributed by atoms with Gasteiger partial charge in [0.1, 0.15) is 0 Å². The third-order valence-electron chi connectivity index (χ3n) is 3.34. The molecule has 0 bridgehead atoms. The number of anilines is 1. The van der Waals surface area contributed by atoms with E-state index in [1.165, 1.54) is 11.1 Å². The van der Waals surface area contributed by atoms with Crippen molar-refractivity contribution in [2.45, 2.75) is 13.5 Å². The number of hydrogen-bond donors (Lipinski definition) is 1. The molecular weight excluding hydrogens is 258 g/mol. The Hall–Kier alpha value is -2.00. The fraction of sp³-hybridized carbons (Fsp3) is 0.133. The van der Waals surface area contributed by atoms with Crippen LogP contribution < -0.4 is 5.73 Å². The summed E-state index contributed by atoms with van der Waals surface area (Å²) in [7, 11) is 0. The lowest BCUT2D eigenvalue weighted by atomic mass is 10.1. The van der Waals surface area contributed by atoms with E-state index in [4.69, 9.17) is 17.3 Å². The Bertz CT molecular complexity index is 746. The number of rotatable bonds is 2. The molecule has 3 rings (SSSR count). The summed E-state index contributed by atoms with van der Waals surface area (Å²) >= 11 is 6.27. The normalized spacial score (nSPS) is 11.1. The molecule has 19 heavy (non-hydrogen) atoms. The highest BCUT2D eigenvalue weighted by Gasteiger charge is 2.12. The standard InChI is InChI=1S/C15H14ClN3/c1-10-5-2-3-6-11(10)9-19-14-12(16)7-4-8-13(14)18-15(19)17/h2-8H,9H2,1H3,(H2,17,18). The van der Waals surface area contributed by atoms with Gasteiger partial charge in [0.15, 0.2) is 0 Å². The Balaban J connectivity index is 2.16. The Morgan fingerprint density at radius 3 is 2.74 bits per heavy atom. The molecule has 0 aliphatic rings. The maximum absolute atomic E-state index is 6.27. The molecule has 96 valence electrons. The molecule has 3 aromatic rings. The van der Waals surface area contributed by atoms with Gasteiger partial charge in [-0.2, -0.15) is 0 Å². The second-order valence-electron chi connectivity index (χ2n) is 4.59. The Morgan fingerprint density at radius 1 is 1.16 bits per heavy atom. The molecule has 3 nitrogen and oxygen atoms in total. The van der Waals surface area contributed by atoms with Crippen molar-refractivity contribution in [3.8, 4) is 0 Å². The van der Waals surface area contributed by atoms with E-state index in [1.807, 2.05) is 34.9 Å². The number of hydrogen-bond acceptors (Lipinski definition) is 2. The first-order valence-corrected chi connectivity index (χ1v) is 6.49. The van der Waals surface area contributed by atoms with Gasteiger partial charge < -0.3 is 10.3 Å². The van der Waals surface area contributed by atoms with Crippen LogP contribution >= 0.6 is 11.6 Å². The second-order valence-corrected chi connectivity index (χ2v) is 5.00. The number of nitrogen functional groups attached to an aromatic ring is 1. The topological polar surface area (TPSA) is 43.8 Å². The van der Waals surface area contributed by atoms with Crippen molar-refractivity contribution in [1.29, 1.82) is 0 Å². The van der Waals surface area contributed by atoms with E-state index < -0.39 is 0 Å². The summed E-state index contributed by atoms with van der Waals surface area (Å²) in [4.78, 5) is 4.36. The molecule has 0 radical (unpaired) electrons. The van der Waals surface area contributed by atoms with Crippen LogP contribution in [0.4, 0.5) is 5.95 Å². The number of fused-ring (bicyclic) bond motifs is 1. The van der Waals surface area contributed by atoms with Gasteiger partial charge in [-0.3, -0.25) is 0 Å². The minimum Gasteiger partial charge on any atom is -0.369 e. The predicted molar refractivity (Wildman–Crippen MR) is 79.4 cm³/mol. The van der Waals surface area contributed by atoms with Crippen molar-refractivity contribution >= 4 is 28.6 Å². The van der Waals surface area contributed by atoms with Gasteiger partial charge in [-0.1, -0.05) is 41.9 Å². The summed E-state index contributed by atoms with van der Waals surface area (Å²) in [6, 6.07) is 13.9. The van der Waals surface area contributed by atoms with Crippen LogP contribution in [0.25, 0.3) is 11.0 Å². The first-order chi connectivity index (χ1) is 9.16. The molecule has 4 heteroatoms. The van der Waals surface area contributed by atoms with Crippen LogP contribution in [0.5, 0.6) is 0 Å². The zero-order chi connectivity index (χ0) is 13.4. The molecule has 0 saturated heterocycles. The highest BCUT2D eigenvalue weighted by Crippen LogP contribution is 2.26. The number of imidazole rings is 1. The average Bonchev–Trinajstić information content (AvgIpc) is 2.70. The van der Waals surface area contributed by atoms with Crippen LogP contribution in [-0.2, 0) is 6.54 Å². The fourth-order valence-electron chi connectivity index (χ4n) is 2.28. The average molecular weight is 272 g/mol. The summed E-state index contributed by atoms with van der Waals surface area (Å²) in [5.74, 6) is 0.492. The van der Waals surface area contributed by atoms with Gasteiger partial charge in [-0.05, 0) is 30.2 Å².